The number of hydrogen-bond donors (Lipinski definition) is 0. The van der Waals surface area contributed by atoms with Gasteiger partial charge in [0.1, 0.15) is 17.2 Å². The SMILES string of the molecule is COc1ccc(Cl)cc1N(CC(=O)OC(C)C)S(=O)(=O)c1cc(Cl)ccc1Cl. The van der Waals surface area contributed by atoms with Crippen molar-refractivity contribution >= 4 is 56.5 Å². The van der Waals surface area contributed by atoms with Crippen LogP contribution in [0.15, 0.2) is 41.3 Å². The summed E-state index contributed by atoms with van der Waals surface area (Å²) in [5, 5.41) is 0.379. The van der Waals surface area contributed by atoms with E-state index in [9.17, 15) is 13.2 Å². The molecule has 2 aromatic rings. The van der Waals surface area contributed by atoms with Crippen molar-refractivity contribution in [2.75, 3.05) is 18.0 Å². The first kappa shape index (κ1) is 22.6. The molecule has 0 bridgehead atoms. The lowest BCUT2D eigenvalue weighted by atomic mass is 10.3. The van der Waals surface area contributed by atoms with Gasteiger partial charge in [-0.3, -0.25) is 9.10 Å². The second-order valence-electron chi connectivity index (χ2n) is 5.94. The van der Waals surface area contributed by atoms with Crippen LogP contribution < -0.4 is 9.04 Å². The average molecular weight is 467 g/mol. The molecule has 0 spiro atoms. The Morgan fingerprint density at radius 2 is 1.68 bits per heavy atom. The van der Waals surface area contributed by atoms with E-state index in [-0.39, 0.29) is 31.4 Å². The number of methoxy groups -OCH3 is 1. The van der Waals surface area contributed by atoms with Crippen molar-refractivity contribution in [3.8, 4) is 5.75 Å². The van der Waals surface area contributed by atoms with E-state index in [4.69, 9.17) is 44.3 Å². The molecular weight excluding hydrogens is 449 g/mol. The van der Waals surface area contributed by atoms with Gasteiger partial charge in [-0.25, -0.2) is 8.42 Å². The van der Waals surface area contributed by atoms with Crippen LogP contribution in [0.2, 0.25) is 15.1 Å². The van der Waals surface area contributed by atoms with E-state index in [1.807, 2.05) is 0 Å². The molecule has 152 valence electrons. The largest absolute Gasteiger partial charge is 0.495 e. The van der Waals surface area contributed by atoms with E-state index in [2.05, 4.69) is 0 Å². The summed E-state index contributed by atoms with van der Waals surface area (Å²) in [6, 6.07) is 8.42. The van der Waals surface area contributed by atoms with Crippen molar-refractivity contribution in [1.29, 1.82) is 0 Å². The highest BCUT2D eigenvalue weighted by molar-refractivity contribution is 7.93. The van der Waals surface area contributed by atoms with Gasteiger partial charge in [0.15, 0.2) is 0 Å². The third kappa shape index (κ3) is 5.23. The van der Waals surface area contributed by atoms with E-state index >= 15 is 0 Å². The highest BCUT2D eigenvalue weighted by atomic mass is 35.5. The number of nitrogens with zero attached hydrogens (tertiary/aromatic N) is 1. The van der Waals surface area contributed by atoms with Gasteiger partial charge in [-0.2, -0.15) is 0 Å². The molecule has 0 unspecified atom stereocenters. The van der Waals surface area contributed by atoms with Gasteiger partial charge >= 0.3 is 5.97 Å². The minimum Gasteiger partial charge on any atom is -0.495 e. The van der Waals surface area contributed by atoms with Crippen molar-refractivity contribution < 1.29 is 22.7 Å². The number of carbonyl (C=O) groups is 1. The van der Waals surface area contributed by atoms with Crippen molar-refractivity contribution in [2.24, 2.45) is 0 Å². The molecule has 0 saturated carbocycles. The lowest BCUT2D eigenvalue weighted by molar-refractivity contribution is -0.145. The Balaban J connectivity index is 2.66. The minimum atomic E-state index is -4.31. The predicted molar refractivity (Wildman–Crippen MR) is 110 cm³/mol. The quantitative estimate of drug-likeness (QED) is 0.548. The van der Waals surface area contributed by atoms with Crippen LogP contribution in [0.4, 0.5) is 5.69 Å². The summed E-state index contributed by atoms with van der Waals surface area (Å²) < 4.78 is 38.0. The molecule has 2 rings (SSSR count). The molecule has 0 aromatic heterocycles. The summed E-state index contributed by atoms with van der Waals surface area (Å²) in [6.07, 6.45) is -0.423. The first-order valence-electron chi connectivity index (χ1n) is 8.07. The fourth-order valence-electron chi connectivity index (χ4n) is 2.37. The Bertz CT molecular complexity index is 979. The van der Waals surface area contributed by atoms with Crippen LogP contribution in [-0.4, -0.2) is 34.1 Å². The van der Waals surface area contributed by atoms with Crippen molar-refractivity contribution in [2.45, 2.75) is 24.8 Å². The predicted octanol–water partition coefficient (Wildman–Crippen LogP) is 4.80. The Kier molecular flexibility index (Phi) is 7.45. The lowest BCUT2D eigenvalue weighted by Gasteiger charge is -2.26. The number of rotatable bonds is 7. The Morgan fingerprint density at radius 3 is 2.29 bits per heavy atom. The molecule has 0 aliphatic heterocycles. The van der Waals surface area contributed by atoms with Crippen LogP contribution in [0.1, 0.15) is 13.8 Å². The first-order chi connectivity index (χ1) is 13.1. The van der Waals surface area contributed by atoms with E-state index in [1.54, 1.807) is 13.8 Å². The number of ether oxygens (including phenoxy) is 2. The van der Waals surface area contributed by atoms with Gasteiger partial charge in [0, 0.05) is 10.0 Å². The number of esters is 1. The molecule has 0 amide bonds. The summed E-state index contributed by atoms with van der Waals surface area (Å²) in [5.41, 5.74) is 0.0618. The normalized spacial score (nSPS) is 11.4. The highest BCUT2D eigenvalue weighted by Gasteiger charge is 2.32. The molecule has 10 heteroatoms. The first-order valence-corrected chi connectivity index (χ1v) is 10.6. The maximum absolute atomic E-state index is 13.4. The topological polar surface area (TPSA) is 72.9 Å². The zero-order valence-corrected chi connectivity index (χ0v) is 18.4. The molecule has 0 heterocycles. The maximum atomic E-state index is 13.4. The highest BCUT2D eigenvalue weighted by Crippen LogP contribution is 2.37. The van der Waals surface area contributed by atoms with Crippen LogP contribution in [0.25, 0.3) is 0 Å². The number of sulfonamides is 1. The standard InChI is InChI=1S/C18H18Cl3NO5S/c1-11(2)27-18(23)10-22(15-8-12(19)5-7-16(15)26-3)28(24,25)17-9-13(20)4-6-14(17)21/h4-9,11H,10H2,1-3H3. The second kappa shape index (κ2) is 9.22. The number of benzene rings is 2. The molecule has 2 aromatic carbocycles. The van der Waals surface area contributed by atoms with Gasteiger partial charge in [0.2, 0.25) is 0 Å². The zero-order valence-electron chi connectivity index (χ0n) is 15.3. The maximum Gasteiger partial charge on any atom is 0.327 e. The Morgan fingerprint density at radius 1 is 1.07 bits per heavy atom. The second-order valence-corrected chi connectivity index (χ2v) is 9.05. The molecule has 0 saturated heterocycles. The van der Waals surface area contributed by atoms with E-state index in [0.29, 0.717) is 0 Å². The average Bonchev–Trinajstić information content (AvgIpc) is 2.60. The van der Waals surface area contributed by atoms with Crippen LogP contribution in [0.5, 0.6) is 5.75 Å². The Hall–Kier alpha value is -1.67. The molecular formula is C18H18Cl3NO5S. The third-order valence-electron chi connectivity index (χ3n) is 3.51. The van der Waals surface area contributed by atoms with Crippen LogP contribution in [0.3, 0.4) is 0 Å². The van der Waals surface area contributed by atoms with Crippen molar-refractivity contribution in [3.05, 3.63) is 51.5 Å². The van der Waals surface area contributed by atoms with E-state index < -0.39 is 28.6 Å². The summed E-state index contributed by atoms with van der Waals surface area (Å²) in [7, 11) is -2.94. The molecule has 0 radical (unpaired) electrons. The monoisotopic (exact) mass is 465 g/mol. The molecule has 0 aliphatic rings. The molecule has 28 heavy (non-hydrogen) atoms. The summed E-state index contributed by atoms with van der Waals surface area (Å²) >= 11 is 18.1. The van der Waals surface area contributed by atoms with E-state index in [1.165, 1.54) is 43.5 Å². The summed E-state index contributed by atoms with van der Waals surface area (Å²) in [5.74, 6) is -0.553. The number of hydrogen-bond acceptors (Lipinski definition) is 5. The molecule has 0 aliphatic carbocycles. The zero-order chi connectivity index (χ0) is 21.1. The van der Waals surface area contributed by atoms with Crippen molar-refractivity contribution in [3.63, 3.8) is 0 Å². The van der Waals surface area contributed by atoms with Crippen LogP contribution in [0, 0.1) is 0 Å². The third-order valence-corrected chi connectivity index (χ3v) is 6.22. The van der Waals surface area contributed by atoms with Crippen molar-refractivity contribution in [1.82, 2.24) is 0 Å². The fourth-order valence-corrected chi connectivity index (χ4v) is 4.69. The molecule has 0 atom stereocenters. The van der Waals surface area contributed by atoms with E-state index in [0.717, 1.165) is 4.31 Å². The van der Waals surface area contributed by atoms with Gasteiger partial charge in [-0.05, 0) is 50.2 Å². The molecule has 0 fully saturated rings. The van der Waals surface area contributed by atoms with Gasteiger partial charge in [0.05, 0.1) is 23.9 Å². The fraction of sp³-hybridized carbons (Fsp3) is 0.278. The Labute approximate surface area is 178 Å². The number of halogens is 3. The summed E-state index contributed by atoms with van der Waals surface area (Å²) in [6.45, 7) is 2.70. The minimum absolute atomic E-state index is 0.0485. The van der Waals surface area contributed by atoms with Gasteiger partial charge in [0.25, 0.3) is 10.0 Å². The number of carbonyl (C=O) groups excluding carboxylic acids is 1. The lowest BCUT2D eigenvalue weighted by Crippen LogP contribution is -2.37. The molecule has 0 N–H and O–H groups in total. The van der Waals surface area contributed by atoms with Crippen LogP contribution in [-0.2, 0) is 19.6 Å². The summed E-state index contributed by atoms with van der Waals surface area (Å²) in [4.78, 5) is 12.0. The van der Waals surface area contributed by atoms with Gasteiger partial charge in [-0.1, -0.05) is 34.8 Å². The number of anilines is 1. The van der Waals surface area contributed by atoms with Gasteiger partial charge < -0.3 is 9.47 Å². The smallest absolute Gasteiger partial charge is 0.327 e. The van der Waals surface area contributed by atoms with Gasteiger partial charge in [-0.15, -0.1) is 0 Å². The van der Waals surface area contributed by atoms with Crippen LogP contribution >= 0.6 is 34.8 Å². The molecule has 6 nitrogen and oxygen atoms in total.